The lowest BCUT2D eigenvalue weighted by molar-refractivity contribution is -0.251. The number of rotatable bonds is 2. The molecular formula is C9H17F3N2. The Bertz CT molecular complexity index is 179. The Morgan fingerprint density at radius 2 is 2.00 bits per heavy atom. The van der Waals surface area contributed by atoms with E-state index < -0.39 is 6.30 Å². The summed E-state index contributed by atoms with van der Waals surface area (Å²) in [7, 11) is 0. The van der Waals surface area contributed by atoms with Crippen molar-refractivity contribution in [3.8, 4) is 0 Å². The van der Waals surface area contributed by atoms with Gasteiger partial charge in [-0.1, -0.05) is 13.8 Å². The summed E-state index contributed by atoms with van der Waals surface area (Å²) in [4.78, 5) is 0.594. The van der Waals surface area contributed by atoms with Crippen LogP contribution in [-0.2, 0) is 0 Å². The minimum Gasteiger partial charge on any atom is -0.311 e. The SMILES string of the molecule is CC(C)N[C@H]1CCCN(C(F)(F)F)C1. The van der Waals surface area contributed by atoms with E-state index in [9.17, 15) is 13.2 Å². The molecule has 5 heteroatoms. The fourth-order valence-corrected chi connectivity index (χ4v) is 1.81. The predicted octanol–water partition coefficient (Wildman–Crippen LogP) is 1.97. The summed E-state index contributed by atoms with van der Waals surface area (Å²) in [6.07, 6.45) is -2.72. The van der Waals surface area contributed by atoms with E-state index >= 15 is 0 Å². The van der Waals surface area contributed by atoms with E-state index in [4.69, 9.17) is 0 Å². The zero-order chi connectivity index (χ0) is 10.8. The van der Waals surface area contributed by atoms with Crippen molar-refractivity contribution >= 4 is 0 Å². The van der Waals surface area contributed by atoms with Gasteiger partial charge in [-0.05, 0) is 12.8 Å². The molecular weight excluding hydrogens is 193 g/mol. The van der Waals surface area contributed by atoms with Gasteiger partial charge in [0, 0.05) is 25.2 Å². The maximum atomic E-state index is 12.4. The van der Waals surface area contributed by atoms with Crippen LogP contribution in [0.4, 0.5) is 13.2 Å². The quantitative estimate of drug-likeness (QED) is 0.701. The summed E-state index contributed by atoms with van der Waals surface area (Å²) in [5, 5.41) is 3.14. The molecule has 84 valence electrons. The van der Waals surface area contributed by atoms with Crippen LogP contribution in [0, 0.1) is 0 Å². The lowest BCUT2D eigenvalue weighted by Crippen LogP contribution is -2.52. The molecule has 1 fully saturated rings. The second kappa shape index (κ2) is 4.49. The molecule has 1 N–H and O–H groups in total. The summed E-state index contributed by atoms with van der Waals surface area (Å²) in [6.45, 7) is 4.13. The number of hydrogen-bond acceptors (Lipinski definition) is 2. The normalized spacial score (nSPS) is 25.7. The van der Waals surface area contributed by atoms with E-state index in [0.717, 1.165) is 6.42 Å². The molecule has 1 heterocycles. The van der Waals surface area contributed by atoms with Crippen molar-refractivity contribution in [2.45, 2.75) is 45.1 Å². The van der Waals surface area contributed by atoms with Gasteiger partial charge in [0.2, 0.25) is 0 Å². The molecule has 1 rings (SSSR count). The second-order valence-electron chi connectivity index (χ2n) is 4.07. The molecule has 14 heavy (non-hydrogen) atoms. The molecule has 0 aliphatic carbocycles. The van der Waals surface area contributed by atoms with E-state index in [2.05, 4.69) is 5.32 Å². The van der Waals surface area contributed by atoms with Gasteiger partial charge in [-0.3, -0.25) is 0 Å². The molecule has 0 aromatic rings. The molecule has 1 aliphatic rings. The van der Waals surface area contributed by atoms with Gasteiger partial charge in [-0.15, -0.1) is 0 Å². The number of likely N-dealkylation sites (tertiary alicyclic amines) is 1. The van der Waals surface area contributed by atoms with E-state index in [0.29, 0.717) is 11.3 Å². The average molecular weight is 210 g/mol. The topological polar surface area (TPSA) is 15.3 Å². The molecule has 0 saturated carbocycles. The number of piperidine rings is 1. The van der Waals surface area contributed by atoms with Gasteiger partial charge in [0.1, 0.15) is 0 Å². The van der Waals surface area contributed by atoms with Gasteiger partial charge in [0.25, 0.3) is 0 Å². The van der Waals surface area contributed by atoms with Crippen molar-refractivity contribution in [3.05, 3.63) is 0 Å². The first-order chi connectivity index (χ1) is 6.39. The fraction of sp³-hybridized carbons (Fsp3) is 1.00. The lowest BCUT2D eigenvalue weighted by Gasteiger charge is -2.35. The highest BCUT2D eigenvalue weighted by atomic mass is 19.4. The fourth-order valence-electron chi connectivity index (χ4n) is 1.81. The Morgan fingerprint density at radius 3 is 2.50 bits per heavy atom. The van der Waals surface area contributed by atoms with Gasteiger partial charge >= 0.3 is 6.30 Å². The molecule has 0 aromatic carbocycles. The Balaban J connectivity index is 2.44. The maximum absolute atomic E-state index is 12.4. The maximum Gasteiger partial charge on any atom is 0.459 e. The summed E-state index contributed by atoms with van der Waals surface area (Å²) in [5.41, 5.74) is 0. The Labute approximate surface area is 82.5 Å². The Morgan fingerprint density at radius 1 is 1.36 bits per heavy atom. The van der Waals surface area contributed by atoms with E-state index in [1.807, 2.05) is 13.8 Å². The van der Waals surface area contributed by atoms with Crippen LogP contribution < -0.4 is 5.32 Å². The molecule has 0 aromatic heterocycles. The molecule has 2 nitrogen and oxygen atoms in total. The highest BCUT2D eigenvalue weighted by molar-refractivity contribution is 4.80. The molecule has 0 unspecified atom stereocenters. The van der Waals surface area contributed by atoms with Crippen molar-refractivity contribution in [1.29, 1.82) is 0 Å². The van der Waals surface area contributed by atoms with Gasteiger partial charge in [-0.2, -0.15) is 13.2 Å². The van der Waals surface area contributed by atoms with Crippen molar-refractivity contribution in [1.82, 2.24) is 10.2 Å². The number of alkyl halides is 3. The standard InChI is InChI=1S/C9H17F3N2/c1-7(2)13-8-4-3-5-14(6-8)9(10,11)12/h7-8,13H,3-6H2,1-2H3/t8-/m0/s1. The van der Waals surface area contributed by atoms with Gasteiger partial charge in [-0.25, -0.2) is 4.90 Å². The third kappa shape index (κ3) is 3.46. The van der Waals surface area contributed by atoms with Crippen LogP contribution in [0.15, 0.2) is 0 Å². The molecule has 0 spiro atoms. The van der Waals surface area contributed by atoms with Crippen LogP contribution in [0.3, 0.4) is 0 Å². The molecule has 1 aliphatic heterocycles. The molecule has 1 saturated heterocycles. The first-order valence-corrected chi connectivity index (χ1v) is 4.97. The number of nitrogens with one attached hydrogen (secondary N) is 1. The van der Waals surface area contributed by atoms with E-state index in [1.165, 1.54) is 0 Å². The number of hydrogen-bond donors (Lipinski definition) is 1. The van der Waals surface area contributed by atoms with Crippen LogP contribution in [0.2, 0.25) is 0 Å². The van der Waals surface area contributed by atoms with Crippen molar-refractivity contribution in [2.24, 2.45) is 0 Å². The third-order valence-corrected chi connectivity index (χ3v) is 2.35. The minimum absolute atomic E-state index is 0.0228. The van der Waals surface area contributed by atoms with Crippen LogP contribution >= 0.6 is 0 Å². The lowest BCUT2D eigenvalue weighted by atomic mass is 10.1. The smallest absolute Gasteiger partial charge is 0.311 e. The number of halogens is 3. The minimum atomic E-state index is -4.17. The highest BCUT2D eigenvalue weighted by Gasteiger charge is 2.39. The van der Waals surface area contributed by atoms with Crippen molar-refractivity contribution in [3.63, 3.8) is 0 Å². The van der Waals surface area contributed by atoms with E-state index in [1.54, 1.807) is 0 Å². The first kappa shape index (κ1) is 11.8. The summed E-state index contributed by atoms with van der Waals surface area (Å²) in [5.74, 6) is 0. The summed E-state index contributed by atoms with van der Waals surface area (Å²) in [6, 6.07) is 0.221. The predicted molar refractivity (Wildman–Crippen MR) is 48.9 cm³/mol. The van der Waals surface area contributed by atoms with E-state index in [-0.39, 0.29) is 25.2 Å². The molecule has 0 bridgehead atoms. The van der Waals surface area contributed by atoms with Crippen molar-refractivity contribution < 1.29 is 13.2 Å². The summed E-state index contributed by atoms with van der Waals surface area (Å²) < 4.78 is 37.1. The third-order valence-electron chi connectivity index (χ3n) is 2.35. The zero-order valence-electron chi connectivity index (χ0n) is 8.56. The zero-order valence-corrected chi connectivity index (χ0v) is 8.56. The van der Waals surface area contributed by atoms with Crippen LogP contribution in [-0.4, -0.2) is 36.4 Å². The largest absolute Gasteiger partial charge is 0.459 e. The Kier molecular flexibility index (Phi) is 3.78. The molecule has 1 atom stereocenters. The van der Waals surface area contributed by atoms with Crippen LogP contribution in [0.25, 0.3) is 0 Å². The molecule has 0 amide bonds. The molecule has 0 radical (unpaired) electrons. The van der Waals surface area contributed by atoms with Crippen molar-refractivity contribution in [2.75, 3.05) is 13.1 Å². The van der Waals surface area contributed by atoms with Crippen LogP contribution in [0.5, 0.6) is 0 Å². The van der Waals surface area contributed by atoms with Crippen LogP contribution in [0.1, 0.15) is 26.7 Å². The second-order valence-corrected chi connectivity index (χ2v) is 4.07. The average Bonchev–Trinajstić information content (AvgIpc) is 2.01. The summed E-state index contributed by atoms with van der Waals surface area (Å²) >= 11 is 0. The highest BCUT2D eigenvalue weighted by Crippen LogP contribution is 2.25. The number of nitrogens with zero attached hydrogens (tertiary/aromatic N) is 1. The first-order valence-electron chi connectivity index (χ1n) is 4.97. The van der Waals surface area contributed by atoms with Gasteiger partial charge < -0.3 is 5.32 Å². The van der Waals surface area contributed by atoms with Gasteiger partial charge in [0.15, 0.2) is 0 Å². The monoisotopic (exact) mass is 210 g/mol. The Hall–Kier alpha value is -0.290. The van der Waals surface area contributed by atoms with Gasteiger partial charge in [0.05, 0.1) is 0 Å².